The van der Waals surface area contributed by atoms with Crippen molar-refractivity contribution in [1.29, 1.82) is 0 Å². The van der Waals surface area contributed by atoms with Crippen molar-refractivity contribution < 1.29 is 0 Å². The molecule has 1 aromatic heterocycles. The van der Waals surface area contributed by atoms with Crippen LogP contribution in [-0.4, -0.2) is 42.2 Å². The summed E-state index contributed by atoms with van der Waals surface area (Å²) in [5, 5.41) is 0. The third-order valence-electron chi connectivity index (χ3n) is 4.42. The summed E-state index contributed by atoms with van der Waals surface area (Å²) in [6.45, 7) is 1.91. The summed E-state index contributed by atoms with van der Waals surface area (Å²) in [5.74, 6) is 2.06. The molecule has 0 bridgehead atoms. The Morgan fingerprint density at radius 2 is 2.05 bits per heavy atom. The summed E-state index contributed by atoms with van der Waals surface area (Å²) in [4.78, 5) is 13.4. The number of aromatic nitrogens is 2. The van der Waals surface area contributed by atoms with E-state index in [-0.39, 0.29) is 6.04 Å². The van der Waals surface area contributed by atoms with Gasteiger partial charge in [-0.25, -0.2) is 9.97 Å². The highest BCUT2D eigenvalue weighted by atomic mass is 15.2. The van der Waals surface area contributed by atoms with Crippen molar-refractivity contribution >= 4 is 11.6 Å². The largest absolute Gasteiger partial charge is 0.357 e. The van der Waals surface area contributed by atoms with Crippen molar-refractivity contribution in [2.45, 2.75) is 44.2 Å². The zero-order valence-electron chi connectivity index (χ0n) is 11.6. The van der Waals surface area contributed by atoms with E-state index in [4.69, 9.17) is 5.73 Å². The average molecular weight is 261 g/mol. The number of anilines is 2. The lowest BCUT2D eigenvalue weighted by atomic mass is 10.2. The molecule has 2 aliphatic rings. The van der Waals surface area contributed by atoms with E-state index in [0.29, 0.717) is 6.04 Å². The minimum Gasteiger partial charge on any atom is -0.357 e. The predicted octanol–water partition coefficient (Wildman–Crippen LogP) is 1.39. The van der Waals surface area contributed by atoms with Gasteiger partial charge in [-0.05, 0) is 19.3 Å². The molecule has 19 heavy (non-hydrogen) atoms. The molecule has 1 aromatic rings. The highest BCUT2D eigenvalue weighted by Gasteiger charge is 2.23. The van der Waals surface area contributed by atoms with E-state index < -0.39 is 0 Å². The Labute approximate surface area is 114 Å². The molecule has 1 saturated carbocycles. The van der Waals surface area contributed by atoms with Gasteiger partial charge in [0, 0.05) is 38.3 Å². The van der Waals surface area contributed by atoms with Crippen molar-refractivity contribution in [3.8, 4) is 0 Å². The van der Waals surface area contributed by atoms with Crippen molar-refractivity contribution in [2.24, 2.45) is 5.73 Å². The topological polar surface area (TPSA) is 58.3 Å². The summed E-state index contributed by atoms with van der Waals surface area (Å²) in [6, 6.07) is 3.03. The van der Waals surface area contributed by atoms with Crippen LogP contribution in [0.2, 0.25) is 0 Å². The fraction of sp³-hybridized carbons (Fsp3) is 0.714. The van der Waals surface area contributed by atoms with Crippen LogP contribution < -0.4 is 15.5 Å². The smallest absolute Gasteiger partial charge is 0.134 e. The number of nitrogens with zero attached hydrogens (tertiary/aromatic N) is 4. The lowest BCUT2D eigenvalue weighted by molar-refractivity contribution is 0.645. The molecule has 0 aromatic carbocycles. The Morgan fingerprint density at radius 1 is 1.26 bits per heavy atom. The summed E-state index contributed by atoms with van der Waals surface area (Å²) >= 11 is 0. The third kappa shape index (κ3) is 2.66. The first-order valence-corrected chi connectivity index (χ1v) is 7.29. The Hall–Kier alpha value is -1.36. The molecule has 104 valence electrons. The second kappa shape index (κ2) is 5.33. The minimum absolute atomic E-state index is 0.283. The molecule has 2 N–H and O–H groups in total. The minimum atomic E-state index is 0.283. The first-order chi connectivity index (χ1) is 9.24. The Kier molecular flexibility index (Phi) is 3.55. The van der Waals surface area contributed by atoms with Gasteiger partial charge in [-0.1, -0.05) is 12.8 Å². The van der Waals surface area contributed by atoms with Crippen LogP contribution in [0, 0.1) is 0 Å². The molecular formula is C14H23N5. The second-order valence-electron chi connectivity index (χ2n) is 5.78. The average Bonchev–Trinajstić information content (AvgIpc) is 3.09. The van der Waals surface area contributed by atoms with Gasteiger partial charge in [0.15, 0.2) is 0 Å². The van der Waals surface area contributed by atoms with Crippen molar-refractivity contribution in [1.82, 2.24) is 9.97 Å². The molecule has 5 nitrogen and oxygen atoms in total. The lowest BCUT2D eigenvalue weighted by Gasteiger charge is -2.26. The van der Waals surface area contributed by atoms with Crippen molar-refractivity contribution in [2.75, 3.05) is 29.9 Å². The number of rotatable bonds is 3. The molecule has 3 rings (SSSR count). The normalized spacial score (nSPS) is 24.1. The van der Waals surface area contributed by atoms with Crippen LogP contribution in [0.5, 0.6) is 0 Å². The van der Waals surface area contributed by atoms with Crippen LogP contribution >= 0.6 is 0 Å². The SMILES string of the molecule is CN(c1cc(N2CCC(N)C2)ncn1)C1CCCC1. The standard InChI is InChI=1S/C14H23N5/c1-18(12-4-2-3-5-12)13-8-14(17-10-16-13)19-7-6-11(15)9-19/h8,10-12H,2-7,9,15H2,1H3. The van der Waals surface area contributed by atoms with E-state index in [1.807, 2.05) is 0 Å². The van der Waals surface area contributed by atoms with Crippen molar-refractivity contribution in [3.05, 3.63) is 12.4 Å². The van der Waals surface area contributed by atoms with Crippen LogP contribution in [0.15, 0.2) is 12.4 Å². The molecule has 0 spiro atoms. The maximum Gasteiger partial charge on any atom is 0.134 e. The fourth-order valence-corrected chi connectivity index (χ4v) is 3.18. The van der Waals surface area contributed by atoms with Gasteiger partial charge in [0.05, 0.1) is 0 Å². The van der Waals surface area contributed by atoms with Crippen LogP contribution in [-0.2, 0) is 0 Å². The summed E-state index contributed by atoms with van der Waals surface area (Å²) in [6.07, 6.45) is 7.98. The van der Waals surface area contributed by atoms with Crippen LogP contribution in [0.25, 0.3) is 0 Å². The van der Waals surface area contributed by atoms with Gasteiger partial charge in [0.2, 0.25) is 0 Å². The van der Waals surface area contributed by atoms with E-state index in [2.05, 4.69) is 32.9 Å². The molecular weight excluding hydrogens is 238 g/mol. The van der Waals surface area contributed by atoms with Gasteiger partial charge >= 0.3 is 0 Å². The second-order valence-corrected chi connectivity index (χ2v) is 5.78. The summed E-state index contributed by atoms with van der Waals surface area (Å²) in [5.41, 5.74) is 5.96. The Morgan fingerprint density at radius 3 is 2.74 bits per heavy atom. The first-order valence-electron chi connectivity index (χ1n) is 7.29. The van der Waals surface area contributed by atoms with E-state index in [9.17, 15) is 0 Å². The molecule has 0 amide bonds. The van der Waals surface area contributed by atoms with Crippen LogP contribution in [0.1, 0.15) is 32.1 Å². The molecule has 1 saturated heterocycles. The van der Waals surface area contributed by atoms with Gasteiger partial charge in [-0.15, -0.1) is 0 Å². The van der Waals surface area contributed by atoms with Crippen molar-refractivity contribution in [3.63, 3.8) is 0 Å². The predicted molar refractivity (Wildman–Crippen MR) is 77.5 cm³/mol. The number of nitrogens with two attached hydrogens (primary N) is 1. The molecule has 1 aliphatic heterocycles. The third-order valence-corrected chi connectivity index (χ3v) is 4.42. The molecule has 1 aliphatic carbocycles. The number of hydrogen-bond donors (Lipinski definition) is 1. The molecule has 1 unspecified atom stereocenters. The van der Waals surface area contributed by atoms with E-state index in [0.717, 1.165) is 31.1 Å². The maximum atomic E-state index is 5.96. The monoisotopic (exact) mass is 261 g/mol. The summed E-state index contributed by atoms with van der Waals surface area (Å²) in [7, 11) is 2.15. The van der Waals surface area contributed by atoms with E-state index in [1.54, 1.807) is 6.33 Å². The van der Waals surface area contributed by atoms with E-state index >= 15 is 0 Å². The molecule has 0 radical (unpaired) electrons. The highest BCUT2D eigenvalue weighted by molar-refractivity contribution is 5.51. The highest BCUT2D eigenvalue weighted by Crippen LogP contribution is 2.27. The zero-order valence-corrected chi connectivity index (χ0v) is 11.6. The van der Waals surface area contributed by atoms with Crippen LogP contribution in [0.4, 0.5) is 11.6 Å². The molecule has 2 heterocycles. The van der Waals surface area contributed by atoms with Gasteiger partial charge < -0.3 is 15.5 Å². The van der Waals surface area contributed by atoms with Crippen LogP contribution in [0.3, 0.4) is 0 Å². The maximum absolute atomic E-state index is 5.96. The number of hydrogen-bond acceptors (Lipinski definition) is 5. The van der Waals surface area contributed by atoms with Gasteiger partial charge in [-0.2, -0.15) is 0 Å². The van der Waals surface area contributed by atoms with E-state index in [1.165, 1.54) is 25.7 Å². The molecule has 1 atom stereocenters. The molecule has 2 fully saturated rings. The van der Waals surface area contributed by atoms with Gasteiger partial charge in [0.25, 0.3) is 0 Å². The zero-order chi connectivity index (χ0) is 13.2. The van der Waals surface area contributed by atoms with Gasteiger partial charge in [0.1, 0.15) is 18.0 Å². The molecule has 5 heteroatoms. The first kappa shape index (κ1) is 12.7. The van der Waals surface area contributed by atoms with Gasteiger partial charge in [-0.3, -0.25) is 0 Å². The lowest BCUT2D eigenvalue weighted by Crippen LogP contribution is -2.30. The Bertz CT molecular complexity index is 430. The Balaban J connectivity index is 1.75. The quantitative estimate of drug-likeness (QED) is 0.891. The fourth-order valence-electron chi connectivity index (χ4n) is 3.18. The summed E-state index contributed by atoms with van der Waals surface area (Å²) < 4.78 is 0.